The summed E-state index contributed by atoms with van der Waals surface area (Å²) in [6, 6.07) is 0. The van der Waals surface area contributed by atoms with Crippen LogP contribution in [-0.4, -0.2) is 35.2 Å². The summed E-state index contributed by atoms with van der Waals surface area (Å²) >= 11 is 0. The number of aliphatic hydroxyl groups is 1. The second-order valence-electron chi connectivity index (χ2n) is 4.23. The van der Waals surface area contributed by atoms with E-state index in [1.165, 1.54) is 25.8 Å². The summed E-state index contributed by atoms with van der Waals surface area (Å²) in [5.74, 6) is 0. The van der Waals surface area contributed by atoms with E-state index in [1.807, 2.05) is 6.92 Å². The van der Waals surface area contributed by atoms with Crippen molar-refractivity contribution in [3.63, 3.8) is 0 Å². The molecule has 0 aromatic rings. The average molecular weight is 171 g/mol. The third-order valence-corrected chi connectivity index (χ3v) is 2.61. The molecule has 0 aromatic heterocycles. The Kier molecular flexibility index (Phi) is 3.53. The van der Waals surface area contributed by atoms with Crippen molar-refractivity contribution in [3.05, 3.63) is 0 Å². The molecule has 1 rings (SSSR count). The molecule has 1 atom stereocenters. The van der Waals surface area contributed by atoms with E-state index in [2.05, 4.69) is 11.8 Å². The first-order chi connectivity index (χ1) is 5.64. The van der Waals surface area contributed by atoms with E-state index in [0.717, 1.165) is 19.5 Å². The lowest BCUT2D eigenvalue weighted by molar-refractivity contribution is 0.0686. The van der Waals surface area contributed by atoms with Crippen LogP contribution in [0.1, 0.15) is 39.5 Å². The van der Waals surface area contributed by atoms with Crippen molar-refractivity contribution >= 4 is 0 Å². The number of hydrogen-bond donors (Lipinski definition) is 1. The molecule has 72 valence electrons. The minimum atomic E-state index is -0.411. The van der Waals surface area contributed by atoms with Gasteiger partial charge in [-0.2, -0.15) is 0 Å². The molecule has 1 fully saturated rings. The maximum absolute atomic E-state index is 9.68. The highest BCUT2D eigenvalue weighted by molar-refractivity contribution is 4.85. The SMILES string of the molecule is CCCCCN1CCC(C)(O)C1. The van der Waals surface area contributed by atoms with Crippen molar-refractivity contribution in [2.24, 2.45) is 0 Å². The monoisotopic (exact) mass is 171 g/mol. The van der Waals surface area contributed by atoms with E-state index in [4.69, 9.17) is 0 Å². The summed E-state index contributed by atoms with van der Waals surface area (Å²) < 4.78 is 0. The Balaban J connectivity index is 2.11. The van der Waals surface area contributed by atoms with E-state index < -0.39 is 5.60 Å². The first kappa shape index (κ1) is 10.0. The summed E-state index contributed by atoms with van der Waals surface area (Å²) in [4.78, 5) is 2.37. The maximum atomic E-state index is 9.68. The Labute approximate surface area is 75.6 Å². The Bertz CT molecular complexity index is 134. The van der Waals surface area contributed by atoms with E-state index in [-0.39, 0.29) is 0 Å². The molecule has 1 aliphatic heterocycles. The van der Waals surface area contributed by atoms with Crippen LogP contribution in [0, 0.1) is 0 Å². The van der Waals surface area contributed by atoms with Gasteiger partial charge in [-0.15, -0.1) is 0 Å². The molecule has 0 aliphatic carbocycles. The van der Waals surface area contributed by atoms with Gasteiger partial charge in [-0.05, 0) is 26.3 Å². The molecule has 2 nitrogen and oxygen atoms in total. The number of rotatable bonds is 4. The fraction of sp³-hybridized carbons (Fsp3) is 1.00. The summed E-state index contributed by atoms with van der Waals surface area (Å²) in [7, 11) is 0. The molecule has 1 N–H and O–H groups in total. The molecule has 1 heterocycles. The lowest BCUT2D eigenvalue weighted by atomic mass is 10.1. The molecular formula is C10H21NO. The van der Waals surface area contributed by atoms with Crippen molar-refractivity contribution in [2.75, 3.05) is 19.6 Å². The van der Waals surface area contributed by atoms with E-state index >= 15 is 0 Å². The molecule has 0 aromatic carbocycles. The van der Waals surface area contributed by atoms with Gasteiger partial charge in [0.1, 0.15) is 0 Å². The second kappa shape index (κ2) is 4.24. The molecule has 1 aliphatic rings. The van der Waals surface area contributed by atoms with Crippen LogP contribution in [-0.2, 0) is 0 Å². The van der Waals surface area contributed by atoms with Gasteiger partial charge in [-0.1, -0.05) is 19.8 Å². The van der Waals surface area contributed by atoms with E-state index in [9.17, 15) is 5.11 Å². The van der Waals surface area contributed by atoms with Gasteiger partial charge in [0, 0.05) is 13.1 Å². The fourth-order valence-corrected chi connectivity index (χ4v) is 1.82. The van der Waals surface area contributed by atoms with Gasteiger partial charge in [-0.3, -0.25) is 0 Å². The number of nitrogens with zero attached hydrogens (tertiary/aromatic N) is 1. The molecule has 1 unspecified atom stereocenters. The van der Waals surface area contributed by atoms with Gasteiger partial charge in [0.15, 0.2) is 0 Å². The molecule has 0 radical (unpaired) electrons. The normalized spacial score (nSPS) is 31.2. The first-order valence-corrected chi connectivity index (χ1v) is 5.09. The molecule has 0 spiro atoms. The second-order valence-corrected chi connectivity index (χ2v) is 4.23. The standard InChI is InChI=1S/C10H21NO/c1-3-4-5-7-11-8-6-10(2,12)9-11/h12H,3-9H2,1-2H3. The minimum Gasteiger partial charge on any atom is -0.389 e. The van der Waals surface area contributed by atoms with E-state index in [0.29, 0.717) is 0 Å². The first-order valence-electron chi connectivity index (χ1n) is 5.09. The fourth-order valence-electron chi connectivity index (χ4n) is 1.82. The lowest BCUT2D eigenvalue weighted by Gasteiger charge is -2.18. The molecule has 12 heavy (non-hydrogen) atoms. The summed E-state index contributed by atoms with van der Waals surface area (Å²) in [6.45, 7) is 7.28. The van der Waals surface area contributed by atoms with Crippen molar-refractivity contribution in [1.82, 2.24) is 4.90 Å². The average Bonchev–Trinajstić information content (AvgIpc) is 2.31. The maximum Gasteiger partial charge on any atom is 0.0758 e. The lowest BCUT2D eigenvalue weighted by Crippen LogP contribution is -2.30. The highest BCUT2D eigenvalue weighted by atomic mass is 16.3. The highest BCUT2D eigenvalue weighted by Crippen LogP contribution is 2.20. The van der Waals surface area contributed by atoms with Crippen molar-refractivity contribution < 1.29 is 5.11 Å². The Morgan fingerprint density at radius 2 is 2.17 bits per heavy atom. The molecule has 0 saturated carbocycles. The van der Waals surface area contributed by atoms with Gasteiger partial charge in [0.05, 0.1) is 5.60 Å². The number of β-amino-alcohol motifs (C(OH)–C–C–N with tert-alkyl or cyclic N) is 1. The topological polar surface area (TPSA) is 23.5 Å². The molecule has 2 heteroatoms. The zero-order chi connectivity index (χ0) is 9.03. The largest absolute Gasteiger partial charge is 0.389 e. The third kappa shape index (κ3) is 3.11. The van der Waals surface area contributed by atoms with Gasteiger partial charge < -0.3 is 10.0 Å². The van der Waals surface area contributed by atoms with Crippen LogP contribution in [0.5, 0.6) is 0 Å². The van der Waals surface area contributed by atoms with Crippen LogP contribution in [0.15, 0.2) is 0 Å². The molecular weight excluding hydrogens is 150 g/mol. The molecule has 0 amide bonds. The van der Waals surface area contributed by atoms with Gasteiger partial charge in [-0.25, -0.2) is 0 Å². The minimum absolute atomic E-state index is 0.411. The number of likely N-dealkylation sites (tertiary alicyclic amines) is 1. The van der Waals surface area contributed by atoms with Crippen LogP contribution in [0.2, 0.25) is 0 Å². The van der Waals surface area contributed by atoms with Gasteiger partial charge >= 0.3 is 0 Å². The zero-order valence-electron chi connectivity index (χ0n) is 8.34. The van der Waals surface area contributed by atoms with Crippen molar-refractivity contribution in [2.45, 2.75) is 45.1 Å². The smallest absolute Gasteiger partial charge is 0.0758 e. The van der Waals surface area contributed by atoms with Crippen LogP contribution in [0.4, 0.5) is 0 Å². The summed E-state index contributed by atoms with van der Waals surface area (Å²) in [6.07, 6.45) is 4.83. The van der Waals surface area contributed by atoms with Crippen LogP contribution >= 0.6 is 0 Å². The molecule has 0 bridgehead atoms. The Morgan fingerprint density at radius 1 is 1.42 bits per heavy atom. The van der Waals surface area contributed by atoms with Crippen LogP contribution in [0.25, 0.3) is 0 Å². The quantitative estimate of drug-likeness (QED) is 0.650. The van der Waals surface area contributed by atoms with Gasteiger partial charge in [0.25, 0.3) is 0 Å². The van der Waals surface area contributed by atoms with Crippen LogP contribution in [0.3, 0.4) is 0 Å². The van der Waals surface area contributed by atoms with Crippen molar-refractivity contribution in [1.29, 1.82) is 0 Å². The zero-order valence-corrected chi connectivity index (χ0v) is 8.34. The summed E-state index contributed by atoms with van der Waals surface area (Å²) in [5.41, 5.74) is -0.411. The van der Waals surface area contributed by atoms with E-state index in [1.54, 1.807) is 0 Å². The Hall–Kier alpha value is -0.0800. The summed E-state index contributed by atoms with van der Waals surface area (Å²) in [5, 5.41) is 9.68. The number of unbranched alkanes of at least 4 members (excludes halogenated alkanes) is 2. The predicted molar refractivity (Wildman–Crippen MR) is 51.2 cm³/mol. The molecule has 1 saturated heterocycles. The highest BCUT2D eigenvalue weighted by Gasteiger charge is 2.30. The van der Waals surface area contributed by atoms with Gasteiger partial charge in [0.2, 0.25) is 0 Å². The third-order valence-electron chi connectivity index (χ3n) is 2.61. The Morgan fingerprint density at radius 3 is 2.67 bits per heavy atom. The van der Waals surface area contributed by atoms with Crippen molar-refractivity contribution in [3.8, 4) is 0 Å². The number of hydrogen-bond acceptors (Lipinski definition) is 2. The predicted octanol–water partition coefficient (Wildman–Crippen LogP) is 1.63. The van der Waals surface area contributed by atoms with Crippen LogP contribution < -0.4 is 0 Å².